The fraction of sp³-hybridized carbons (Fsp3) is 0.333. The molecule has 1 aromatic carbocycles. The molecule has 0 radical (unpaired) electrons. The van der Waals surface area contributed by atoms with Crippen molar-refractivity contribution in [2.45, 2.75) is 19.9 Å². The van der Waals surface area contributed by atoms with E-state index < -0.39 is 0 Å². The third-order valence-electron chi connectivity index (χ3n) is 2.80. The van der Waals surface area contributed by atoms with Crippen LogP contribution in [-0.2, 0) is 13.0 Å². The van der Waals surface area contributed by atoms with Crippen molar-refractivity contribution >= 4 is 26.8 Å². The lowest BCUT2D eigenvalue weighted by atomic mass is 10.1. The maximum Gasteiger partial charge on any atom is 0.130 e. The van der Waals surface area contributed by atoms with Crippen molar-refractivity contribution in [3.63, 3.8) is 0 Å². The normalized spacial score (nSPS) is 11.2. The number of hydrogen-bond donors (Lipinski definition) is 2. The number of aryl methyl sites for hydroxylation is 1. The second-order valence-corrected chi connectivity index (χ2v) is 4.56. The van der Waals surface area contributed by atoms with Gasteiger partial charge in [0.15, 0.2) is 0 Å². The average molecular weight is 283 g/mol. The second-order valence-electron chi connectivity index (χ2n) is 3.77. The summed E-state index contributed by atoms with van der Waals surface area (Å²) in [5.74, 6) is 0.277. The van der Waals surface area contributed by atoms with Crippen molar-refractivity contribution in [3.8, 4) is 5.75 Å². The quantitative estimate of drug-likeness (QED) is 0.909. The monoisotopic (exact) mass is 282 g/mol. The number of aromatic nitrogens is 1. The number of rotatable bonds is 3. The van der Waals surface area contributed by atoms with E-state index in [9.17, 15) is 5.11 Å². The lowest BCUT2D eigenvalue weighted by Gasteiger charge is -2.03. The summed E-state index contributed by atoms with van der Waals surface area (Å²) in [4.78, 5) is 0. The first-order chi connectivity index (χ1) is 7.69. The van der Waals surface area contributed by atoms with Gasteiger partial charge in [-0.15, -0.1) is 0 Å². The molecule has 0 aliphatic carbocycles. The van der Waals surface area contributed by atoms with Gasteiger partial charge in [0.1, 0.15) is 5.75 Å². The Balaban J connectivity index is 2.75. The van der Waals surface area contributed by atoms with Crippen molar-refractivity contribution in [2.75, 3.05) is 6.54 Å². The van der Waals surface area contributed by atoms with E-state index >= 15 is 0 Å². The van der Waals surface area contributed by atoms with Crippen molar-refractivity contribution in [1.29, 1.82) is 0 Å². The fourth-order valence-corrected chi connectivity index (χ4v) is 2.62. The molecule has 0 spiro atoms. The minimum absolute atomic E-state index is 0.277. The molecule has 2 aromatic rings. The summed E-state index contributed by atoms with van der Waals surface area (Å²) >= 11 is 3.44. The van der Waals surface area contributed by atoms with E-state index in [1.54, 1.807) is 6.07 Å². The molecule has 0 atom stereocenters. The first-order valence-electron chi connectivity index (χ1n) is 5.38. The summed E-state index contributed by atoms with van der Waals surface area (Å²) in [5, 5.41) is 10.8. The van der Waals surface area contributed by atoms with E-state index in [0.29, 0.717) is 6.54 Å². The molecule has 0 bridgehead atoms. The van der Waals surface area contributed by atoms with Gasteiger partial charge >= 0.3 is 0 Å². The number of phenolic OH excluding ortho intramolecular Hbond substituents is 1. The van der Waals surface area contributed by atoms with Crippen LogP contribution >= 0.6 is 15.9 Å². The Morgan fingerprint density at radius 2 is 2.19 bits per heavy atom. The Morgan fingerprint density at radius 1 is 1.44 bits per heavy atom. The standard InChI is InChI=1S/C12H15BrN2O/c1-2-15-7-8(5-6-14)11-9(15)3-4-10(16)12(11)13/h3-4,7,16H,2,5-6,14H2,1H3. The summed E-state index contributed by atoms with van der Waals surface area (Å²) in [6.45, 7) is 3.63. The number of nitrogens with zero attached hydrogens (tertiary/aromatic N) is 1. The summed E-state index contributed by atoms with van der Waals surface area (Å²) in [6, 6.07) is 3.66. The highest BCUT2D eigenvalue weighted by molar-refractivity contribution is 9.10. The zero-order chi connectivity index (χ0) is 11.7. The Kier molecular flexibility index (Phi) is 3.21. The van der Waals surface area contributed by atoms with Crippen LogP contribution in [-0.4, -0.2) is 16.2 Å². The zero-order valence-electron chi connectivity index (χ0n) is 9.20. The topological polar surface area (TPSA) is 51.2 Å². The van der Waals surface area contributed by atoms with Crippen molar-refractivity contribution < 1.29 is 5.11 Å². The van der Waals surface area contributed by atoms with Gasteiger partial charge in [-0.2, -0.15) is 0 Å². The molecule has 3 nitrogen and oxygen atoms in total. The first kappa shape index (κ1) is 11.5. The van der Waals surface area contributed by atoms with Crippen LogP contribution in [0, 0.1) is 0 Å². The molecule has 0 saturated heterocycles. The average Bonchev–Trinajstić information content (AvgIpc) is 2.63. The van der Waals surface area contributed by atoms with E-state index in [4.69, 9.17) is 5.73 Å². The summed E-state index contributed by atoms with van der Waals surface area (Å²) in [6.07, 6.45) is 2.94. The number of nitrogens with two attached hydrogens (primary N) is 1. The smallest absolute Gasteiger partial charge is 0.130 e. The molecule has 0 saturated carbocycles. The van der Waals surface area contributed by atoms with Crippen LogP contribution in [0.1, 0.15) is 12.5 Å². The number of halogens is 1. The van der Waals surface area contributed by atoms with Crippen LogP contribution in [0.15, 0.2) is 22.8 Å². The Labute approximate surface area is 103 Å². The predicted molar refractivity (Wildman–Crippen MR) is 69.7 cm³/mol. The van der Waals surface area contributed by atoms with Crippen LogP contribution in [0.2, 0.25) is 0 Å². The Bertz CT molecular complexity index is 519. The van der Waals surface area contributed by atoms with E-state index in [0.717, 1.165) is 28.3 Å². The molecule has 16 heavy (non-hydrogen) atoms. The zero-order valence-corrected chi connectivity index (χ0v) is 10.8. The second kappa shape index (κ2) is 4.47. The number of phenols is 1. The van der Waals surface area contributed by atoms with Gasteiger partial charge in [-0.05, 0) is 53.5 Å². The minimum Gasteiger partial charge on any atom is -0.507 e. The molecular formula is C12H15BrN2O. The predicted octanol–water partition coefficient (Wildman–Crippen LogP) is 2.63. The number of benzene rings is 1. The maximum absolute atomic E-state index is 9.70. The summed E-state index contributed by atoms with van der Waals surface area (Å²) in [7, 11) is 0. The molecular weight excluding hydrogens is 268 g/mol. The molecule has 4 heteroatoms. The van der Waals surface area contributed by atoms with Gasteiger partial charge in [0.2, 0.25) is 0 Å². The molecule has 1 aromatic heterocycles. The van der Waals surface area contributed by atoms with Crippen LogP contribution in [0.25, 0.3) is 10.9 Å². The van der Waals surface area contributed by atoms with E-state index in [1.807, 2.05) is 6.07 Å². The molecule has 0 aliphatic heterocycles. The molecule has 1 heterocycles. The molecule has 0 unspecified atom stereocenters. The van der Waals surface area contributed by atoms with E-state index in [-0.39, 0.29) is 5.75 Å². The lowest BCUT2D eigenvalue weighted by Crippen LogP contribution is -2.02. The van der Waals surface area contributed by atoms with Gasteiger partial charge in [0.25, 0.3) is 0 Å². The Morgan fingerprint density at radius 3 is 2.81 bits per heavy atom. The van der Waals surface area contributed by atoms with Crippen LogP contribution in [0.3, 0.4) is 0 Å². The lowest BCUT2D eigenvalue weighted by molar-refractivity contribution is 0.473. The number of fused-ring (bicyclic) bond motifs is 1. The summed E-state index contributed by atoms with van der Waals surface area (Å²) in [5.41, 5.74) is 7.92. The molecule has 0 aliphatic rings. The maximum atomic E-state index is 9.70. The number of aromatic hydroxyl groups is 1. The molecule has 2 rings (SSSR count). The van der Waals surface area contributed by atoms with Crippen LogP contribution in [0.5, 0.6) is 5.75 Å². The molecule has 0 amide bonds. The van der Waals surface area contributed by atoms with Gasteiger partial charge in [-0.25, -0.2) is 0 Å². The van der Waals surface area contributed by atoms with Gasteiger partial charge in [0, 0.05) is 23.6 Å². The van der Waals surface area contributed by atoms with Crippen molar-refractivity contribution in [3.05, 3.63) is 28.4 Å². The highest BCUT2D eigenvalue weighted by atomic mass is 79.9. The highest BCUT2D eigenvalue weighted by Gasteiger charge is 2.12. The van der Waals surface area contributed by atoms with Crippen LogP contribution in [0.4, 0.5) is 0 Å². The van der Waals surface area contributed by atoms with E-state index in [1.165, 1.54) is 5.56 Å². The largest absolute Gasteiger partial charge is 0.507 e. The van der Waals surface area contributed by atoms with Gasteiger partial charge < -0.3 is 15.4 Å². The van der Waals surface area contributed by atoms with Crippen LogP contribution < -0.4 is 5.73 Å². The highest BCUT2D eigenvalue weighted by Crippen LogP contribution is 2.35. The SMILES string of the molecule is CCn1cc(CCN)c2c(Br)c(O)ccc21. The third kappa shape index (κ3) is 1.72. The minimum atomic E-state index is 0.277. The summed E-state index contributed by atoms with van der Waals surface area (Å²) < 4.78 is 2.94. The first-order valence-corrected chi connectivity index (χ1v) is 6.17. The van der Waals surface area contributed by atoms with Gasteiger partial charge in [-0.1, -0.05) is 0 Å². The molecule has 3 N–H and O–H groups in total. The molecule has 86 valence electrons. The van der Waals surface area contributed by atoms with Crippen molar-refractivity contribution in [1.82, 2.24) is 4.57 Å². The van der Waals surface area contributed by atoms with Gasteiger partial charge in [0.05, 0.1) is 4.47 Å². The van der Waals surface area contributed by atoms with Crippen molar-refractivity contribution in [2.24, 2.45) is 5.73 Å². The Hall–Kier alpha value is -1.00. The third-order valence-corrected chi connectivity index (χ3v) is 3.60. The fourth-order valence-electron chi connectivity index (χ4n) is 2.03. The molecule has 0 fully saturated rings. The van der Waals surface area contributed by atoms with Gasteiger partial charge in [-0.3, -0.25) is 0 Å². The number of hydrogen-bond acceptors (Lipinski definition) is 2. The van der Waals surface area contributed by atoms with E-state index in [2.05, 4.69) is 33.6 Å².